The molecule has 2 saturated carbocycles. The van der Waals surface area contributed by atoms with Gasteiger partial charge in [-0.05, 0) is 214 Å². The van der Waals surface area contributed by atoms with Gasteiger partial charge in [-0.3, -0.25) is 19.2 Å². The molecule has 0 spiro atoms. The molecule has 0 amide bonds. The number of hydrogen-bond donors (Lipinski definition) is 4. The molecule has 2 unspecified atom stereocenters. The summed E-state index contributed by atoms with van der Waals surface area (Å²) in [7, 11) is 0. The van der Waals surface area contributed by atoms with Crippen LogP contribution in [0.3, 0.4) is 0 Å². The van der Waals surface area contributed by atoms with Crippen LogP contribution in [-0.2, 0) is 51.3 Å². The molecule has 2 atom stereocenters. The lowest BCUT2D eigenvalue weighted by Crippen LogP contribution is -2.23. The Kier molecular flexibility index (Phi) is 15.3. The van der Waals surface area contributed by atoms with Crippen molar-refractivity contribution in [3.05, 3.63) is 68.3 Å². The van der Waals surface area contributed by atoms with Crippen LogP contribution < -0.4 is 0 Å². The maximum atomic E-state index is 12.9. The van der Waals surface area contributed by atoms with Gasteiger partial charge in [0.05, 0.1) is 21.7 Å². The molecule has 0 bridgehead atoms. The highest BCUT2D eigenvalue weighted by molar-refractivity contribution is 5.79. The number of carboxylic acids is 4. The molecule has 4 rings (SSSR count). The van der Waals surface area contributed by atoms with Crippen LogP contribution in [0.2, 0.25) is 0 Å². The normalized spacial score (nSPS) is 18.7. The van der Waals surface area contributed by atoms with Crippen molar-refractivity contribution >= 4 is 23.9 Å². The van der Waals surface area contributed by atoms with E-state index in [1.54, 1.807) is 27.7 Å². The van der Waals surface area contributed by atoms with Crippen LogP contribution in [-0.4, -0.2) is 44.3 Å². The molecular formula is C49H72O8. The van der Waals surface area contributed by atoms with Gasteiger partial charge in [-0.1, -0.05) is 43.9 Å². The van der Waals surface area contributed by atoms with Gasteiger partial charge in [0, 0.05) is 0 Å². The summed E-state index contributed by atoms with van der Waals surface area (Å²) in [5.74, 6) is -2.85. The fourth-order valence-corrected chi connectivity index (χ4v) is 9.28. The standard InChI is InChI=1S/C49H72O8/c1-32-21-22-37(41(20-10-14-24-47(7,8)43(52)53)39(32)18-11-15-25-48(27-28-48)44(54)55)30-38-31-49(38,45(56)57)26-16-12-19-40-35(4)34(3)33(2)29-36(40)17-9-13-23-46(5,6)42(50)51/h21-22,29,38H,9-20,23-28,30-31H2,1-8H3,(H,50,51)(H,52,53)(H,54,55)(H,56,57). The first kappa shape index (κ1) is 46.0. The van der Waals surface area contributed by atoms with E-state index in [1.807, 2.05) is 0 Å². The summed E-state index contributed by atoms with van der Waals surface area (Å²) in [6, 6.07) is 6.66. The average Bonchev–Trinajstić information content (AvgIpc) is 4.07. The second-order valence-corrected chi connectivity index (χ2v) is 19.4. The summed E-state index contributed by atoms with van der Waals surface area (Å²) in [6.45, 7) is 15.8. The summed E-state index contributed by atoms with van der Waals surface area (Å²) >= 11 is 0. The molecular weight excluding hydrogens is 717 g/mol. The molecule has 2 aromatic rings. The summed E-state index contributed by atoms with van der Waals surface area (Å²) < 4.78 is 0. The monoisotopic (exact) mass is 789 g/mol. The van der Waals surface area contributed by atoms with Crippen LogP contribution in [0, 0.1) is 55.3 Å². The highest BCUT2D eigenvalue weighted by atomic mass is 16.4. The van der Waals surface area contributed by atoms with Crippen LogP contribution in [0.15, 0.2) is 18.2 Å². The van der Waals surface area contributed by atoms with Crippen molar-refractivity contribution in [1.82, 2.24) is 0 Å². The third-order valence-corrected chi connectivity index (χ3v) is 14.3. The quantitative estimate of drug-likeness (QED) is 0.0688. The average molecular weight is 789 g/mol. The lowest BCUT2D eigenvalue weighted by Gasteiger charge is -2.21. The first-order valence-electron chi connectivity index (χ1n) is 21.8. The molecule has 0 saturated heterocycles. The van der Waals surface area contributed by atoms with E-state index in [-0.39, 0.29) is 5.92 Å². The lowest BCUT2D eigenvalue weighted by atomic mass is 9.83. The first-order valence-corrected chi connectivity index (χ1v) is 21.8. The molecule has 0 radical (unpaired) electrons. The van der Waals surface area contributed by atoms with Crippen LogP contribution in [0.5, 0.6) is 0 Å². The Labute approximate surface area is 342 Å². The van der Waals surface area contributed by atoms with Gasteiger partial charge in [0.1, 0.15) is 0 Å². The molecule has 2 fully saturated rings. The van der Waals surface area contributed by atoms with Crippen molar-refractivity contribution in [1.29, 1.82) is 0 Å². The van der Waals surface area contributed by atoms with Crippen LogP contribution in [0.1, 0.15) is 174 Å². The van der Waals surface area contributed by atoms with E-state index in [0.29, 0.717) is 32.1 Å². The maximum absolute atomic E-state index is 12.9. The van der Waals surface area contributed by atoms with Crippen LogP contribution in [0.25, 0.3) is 0 Å². The Bertz CT molecular complexity index is 1780. The number of rotatable bonds is 26. The second-order valence-electron chi connectivity index (χ2n) is 19.4. The van der Waals surface area contributed by atoms with Crippen molar-refractivity contribution in [3.63, 3.8) is 0 Å². The fourth-order valence-electron chi connectivity index (χ4n) is 9.28. The van der Waals surface area contributed by atoms with Gasteiger partial charge in [0.2, 0.25) is 0 Å². The molecule has 316 valence electrons. The SMILES string of the molecule is Cc1cc(CCCCC(C)(C)C(=O)O)c(CCCCC2(C(=O)O)CC2Cc2ccc(C)c(CCCCC3(C(=O)O)CC3)c2CCCCC(C)(C)C(=O)O)c(C)c1C. The Morgan fingerprint density at radius 2 is 1.12 bits per heavy atom. The number of hydrogen-bond acceptors (Lipinski definition) is 4. The van der Waals surface area contributed by atoms with Crippen LogP contribution in [0.4, 0.5) is 0 Å². The molecule has 8 heteroatoms. The van der Waals surface area contributed by atoms with Crippen molar-refractivity contribution < 1.29 is 39.6 Å². The minimum absolute atomic E-state index is 0.0644. The van der Waals surface area contributed by atoms with Gasteiger partial charge in [-0.15, -0.1) is 0 Å². The summed E-state index contributed by atoms with van der Waals surface area (Å²) in [6.07, 6.45) is 16.0. The van der Waals surface area contributed by atoms with Gasteiger partial charge in [-0.25, -0.2) is 0 Å². The first-order chi connectivity index (χ1) is 26.7. The third-order valence-electron chi connectivity index (χ3n) is 14.3. The molecule has 4 N–H and O–H groups in total. The minimum Gasteiger partial charge on any atom is -0.481 e. The summed E-state index contributed by atoms with van der Waals surface area (Å²) in [5.41, 5.74) is 8.86. The third kappa shape index (κ3) is 11.5. The Hall–Kier alpha value is -3.68. The number of carboxylic acid groups (broad SMARTS) is 4. The van der Waals surface area contributed by atoms with Crippen molar-refractivity contribution in [2.45, 2.75) is 184 Å². The van der Waals surface area contributed by atoms with Crippen molar-refractivity contribution in [3.8, 4) is 0 Å². The van der Waals surface area contributed by atoms with Gasteiger partial charge in [0.25, 0.3) is 0 Å². The summed E-state index contributed by atoms with van der Waals surface area (Å²) in [5, 5.41) is 39.5. The van der Waals surface area contributed by atoms with E-state index in [4.69, 9.17) is 0 Å². The topological polar surface area (TPSA) is 149 Å². The van der Waals surface area contributed by atoms with E-state index in [9.17, 15) is 39.6 Å². The fraction of sp³-hybridized carbons (Fsp3) is 0.673. The zero-order valence-electron chi connectivity index (χ0n) is 36.4. The second kappa shape index (κ2) is 18.9. The predicted molar refractivity (Wildman–Crippen MR) is 226 cm³/mol. The minimum atomic E-state index is -0.785. The molecule has 8 nitrogen and oxygen atoms in total. The Morgan fingerprint density at radius 1 is 0.596 bits per heavy atom. The molecule has 0 heterocycles. The number of aryl methyl sites for hydroxylation is 3. The largest absolute Gasteiger partial charge is 0.481 e. The number of aliphatic carboxylic acids is 4. The predicted octanol–water partition coefficient (Wildman–Crippen LogP) is 11.2. The molecule has 2 aliphatic carbocycles. The lowest BCUT2D eigenvalue weighted by molar-refractivity contribution is -0.148. The smallest absolute Gasteiger partial charge is 0.309 e. The van der Waals surface area contributed by atoms with Gasteiger partial charge in [-0.2, -0.15) is 0 Å². The molecule has 57 heavy (non-hydrogen) atoms. The van der Waals surface area contributed by atoms with Gasteiger partial charge < -0.3 is 20.4 Å². The van der Waals surface area contributed by atoms with E-state index in [1.165, 1.54) is 50.1 Å². The summed E-state index contributed by atoms with van der Waals surface area (Å²) in [4.78, 5) is 48.1. The number of carbonyl (C=O) groups is 4. The van der Waals surface area contributed by atoms with E-state index >= 15 is 0 Å². The molecule has 0 aliphatic heterocycles. The maximum Gasteiger partial charge on any atom is 0.309 e. The van der Waals surface area contributed by atoms with E-state index in [0.717, 1.165) is 96.3 Å². The molecule has 2 aromatic carbocycles. The van der Waals surface area contributed by atoms with Crippen LogP contribution >= 0.6 is 0 Å². The highest BCUT2D eigenvalue weighted by Crippen LogP contribution is 2.58. The zero-order valence-corrected chi connectivity index (χ0v) is 36.4. The van der Waals surface area contributed by atoms with Crippen molar-refractivity contribution in [2.24, 2.45) is 27.6 Å². The zero-order chi connectivity index (χ0) is 42.3. The van der Waals surface area contributed by atoms with E-state index in [2.05, 4.69) is 45.9 Å². The number of unbranched alkanes of at least 4 members (excludes halogenated alkanes) is 4. The van der Waals surface area contributed by atoms with Crippen molar-refractivity contribution in [2.75, 3.05) is 0 Å². The Balaban J connectivity index is 1.43. The molecule has 2 aliphatic rings. The molecule has 0 aromatic heterocycles. The highest BCUT2D eigenvalue weighted by Gasteiger charge is 2.59. The van der Waals surface area contributed by atoms with E-state index < -0.39 is 45.5 Å². The van der Waals surface area contributed by atoms with Gasteiger partial charge in [0.15, 0.2) is 0 Å². The Morgan fingerprint density at radius 3 is 1.67 bits per heavy atom. The van der Waals surface area contributed by atoms with Gasteiger partial charge >= 0.3 is 23.9 Å². The number of benzene rings is 2.